The summed E-state index contributed by atoms with van der Waals surface area (Å²) in [6.07, 6.45) is 2.64. The topological polar surface area (TPSA) is 29.3 Å². The minimum absolute atomic E-state index is 0.825. The summed E-state index contributed by atoms with van der Waals surface area (Å²) in [6, 6.07) is 6.20. The first kappa shape index (κ1) is 10.8. The fraction of sp³-hybridized carbons (Fsp3) is 0.500. The summed E-state index contributed by atoms with van der Waals surface area (Å²) in [5.41, 5.74) is 7.94. The maximum atomic E-state index is 5.86. The third-order valence-corrected chi connectivity index (χ3v) is 3.72. The number of nitrogen functional groups attached to an aromatic ring is 1. The minimum Gasteiger partial charge on any atom is -0.398 e. The molecule has 3 heteroatoms. The van der Waals surface area contributed by atoms with Gasteiger partial charge in [0.05, 0.1) is 0 Å². The third kappa shape index (κ3) is 2.28. The first-order valence-electron chi connectivity index (χ1n) is 5.50. The molecule has 2 nitrogen and oxygen atoms in total. The van der Waals surface area contributed by atoms with Crippen LogP contribution in [0.3, 0.4) is 0 Å². The quantitative estimate of drug-likeness (QED) is 0.853. The molecule has 0 atom stereocenters. The van der Waals surface area contributed by atoms with E-state index < -0.39 is 0 Å². The zero-order valence-corrected chi connectivity index (χ0v) is 10.6. The van der Waals surface area contributed by atoms with Crippen LogP contribution in [0.5, 0.6) is 0 Å². The van der Waals surface area contributed by atoms with Crippen molar-refractivity contribution in [2.75, 3.05) is 23.7 Å². The minimum atomic E-state index is 0.825. The molecule has 0 aromatic heterocycles. The molecule has 1 aromatic rings. The van der Waals surface area contributed by atoms with E-state index in [9.17, 15) is 0 Å². The molecule has 0 amide bonds. The van der Waals surface area contributed by atoms with Crippen molar-refractivity contribution >= 4 is 27.3 Å². The molecule has 0 saturated carbocycles. The first-order valence-corrected chi connectivity index (χ1v) is 6.30. The molecule has 1 aromatic carbocycles. The van der Waals surface area contributed by atoms with Gasteiger partial charge in [-0.2, -0.15) is 0 Å². The van der Waals surface area contributed by atoms with Crippen LogP contribution in [0.2, 0.25) is 0 Å². The van der Waals surface area contributed by atoms with Crippen LogP contribution in [0.1, 0.15) is 19.8 Å². The Labute approximate surface area is 99.6 Å². The molecule has 1 aliphatic rings. The number of hydrogen-bond donors (Lipinski definition) is 1. The zero-order valence-electron chi connectivity index (χ0n) is 9.04. The summed E-state index contributed by atoms with van der Waals surface area (Å²) in [5.74, 6) is 0.889. The molecular weight excluding hydrogens is 252 g/mol. The van der Waals surface area contributed by atoms with Gasteiger partial charge in [0.15, 0.2) is 0 Å². The number of anilines is 2. The Kier molecular flexibility index (Phi) is 3.19. The molecule has 0 aliphatic carbocycles. The lowest BCUT2D eigenvalue weighted by Crippen LogP contribution is -2.46. The lowest BCUT2D eigenvalue weighted by molar-refractivity contribution is 0.381. The Hall–Kier alpha value is -0.700. The third-order valence-electron chi connectivity index (χ3n) is 3.00. The average Bonchev–Trinajstić information content (AvgIpc) is 2.16. The SMILES string of the molecule is CCCC1CN(c2ccc(Br)c(N)c2)C1. The van der Waals surface area contributed by atoms with Crippen molar-refractivity contribution < 1.29 is 0 Å². The maximum Gasteiger partial charge on any atom is 0.0479 e. The van der Waals surface area contributed by atoms with Gasteiger partial charge in [-0.25, -0.2) is 0 Å². The van der Waals surface area contributed by atoms with E-state index in [-0.39, 0.29) is 0 Å². The van der Waals surface area contributed by atoms with Crippen LogP contribution in [-0.4, -0.2) is 13.1 Å². The Balaban J connectivity index is 1.98. The molecule has 1 fully saturated rings. The van der Waals surface area contributed by atoms with Crippen LogP contribution >= 0.6 is 15.9 Å². The summed E-state index contributed by atoms with van der Waals surface area (Å²) in [4.78, 5) is 2.39. The van der Waals surface area contributed by atoms with Crippen molar-refractivity contribution in [3.63, 3.8) is 0 Å². The fourth-order valence-electron chi connectivity index (χ4n) is 2.10. The normalized spacial score (nSPS) is 16.5. The largest absolute Gasteiger partial charge is 0.398 e. The van der Waals surface area contributed by atoms with Gasteiger partial charge in [0, 0.05) is 28.9 Å². The zero-order chi connectivity index (χ0) is 10.8. The number of benzene rings is 1. The molecule has 2 N–H and O–H groups in total. The Morgan fingerprint density at radius 2 is 2.20 bits per heavy atom. The van der Waals surface area contributed by atoms with Crippen LogP contribution in [0.25, 0.3) is 0 Å². The first-order chi connectivity index (χ1) is 7.20. The lowest BCUT2D eigenvalue weighted by atomic mass is 9.94. The summed E-state index contributed by atoms with van der Waals surface area (Å²) in [5, 5.41) is 0. The van der Waals surface area contributed by atoms with E-state index in [2.05, 4.69) is 33.8 Å². The highest BCUT2D eigenvalue weighted by molar-refractivity contribution is 9.10. The van der Waals surface area contributed by atoms with E-state index in [1.807, 2.05) is 12.1 Å². The molecular formula is C12H17BrN2. The van der Waals surface area contributed by atoms with E-state index in [4.69, 9.17) is 5.73 Å². The van der Waals surface area contributed by atoms with Gasteiger partial charge in [-0.15, -0.1) is 0 Å². The van der Waals surface area contributed by atoms with Crippen molar-refractivity contribution in [2.24, 2.45) is 5.92 Å². The highest BCUT2D eigenvalue weighted by atomic mass is 79.9. The van der Waals surface area contributed by atoms with Gasteiger partial charge < -0.3 is 10.6 Å². The van der Waals surface area contributed by atoms with Crippen molar-refractivity contribution in [2.45, 2.75) is 19.8 Å². The maximum absolute atomic E-state index is 5.86. The molecule has 2 rings (SSSR count). The van der Waals surface area contributed by atoms with Crippen LogP contribution < -0.4 is 10.6 Å². The molecule has 82 valence electrons. The van der Waals surface area contributed by atoms with Crippen molar-refractivity contribution in [3.8, 4) is 0 Å². The van der Waals surface area contributed by atoms with E-state index in [0.717, 1.165) is 16.1 Å². The van der Waals surface area contributed by atoms with Crippen molar-refractivity contribution in [3.05, 3.63) is 22.7 Å². The Morgan fingerprint density at radius 3 is 2.80 bits per heavy atom. The number of hydrogen-bond acceptors (Lipinski definition) is 2. The predicted octanol–water partition coefficient (Wildman–Crippen LogP) is 3.27. The summed E-state index contributed by atoms with van der Waals surface area (Å²) < 4.78 is 0.983. The highest BCUT2D eigenvalue weighted by Gasteiger charge is 2.25. The molecule has 0 unspecified atom stereocenters. The molecule has 0 bridgehead atoms. The second kappa shape index (κ2) is 4.44. The van der Waals surface area contributed by atoms with Gasteiger partial charge in [0.1, 0.15) is 0 Å². The summed E-state index contributed by atoms with van der Waals surface area (Å²) >= 11 is 3.41. The Morgan fingerprint density at radius 1 is 1.47 bits per heavy atom. The predicted molar refractivity (Wildman–Crippen MR) is 69.2 cm³/mol. The van der Waals surface area contributed by atoms with Gasteiger partial charge in [0.25, 0.3) is 0 Å². The average molecular weight is 269 g/mol. The van der Waals surface area contributed by atoms with Crippen LogP contribution in [0, 0.1) is 5.92 Å². The summed E-state index contributed by atoms with van der Waals surface area (Å²) in [6.45, 7) is 4.63. The van der Waals surface area contributed by atoms with Crippen molar-refractivity contribution in [1.82, 2.24) is 0 Å². The van der Waals surface area contributed by atoms with E-state index >= 15 is 0 Å². The fourth-order valence-corrected chi connectivity index (χ4v) is 2.35. The van der Waals surface area contributed by atoms with E-state index in [0.29, 0.717) is 0 Å². The number of rotatable bonds is 3. The van der Waals surface area contributed by atoms with Gasteiger partial charge in [-0.1, -0.05) is 13.3 Å². The van der Waals surface area contributed by atoms with Gasteiger partial charge in [-0.05, 0) is 46.5 Å². The molecule has 15 heavy (non-hydrogen) atoms. The second-order valence-corrected chi connectivity index (χ2v) is 5.12. The standard InChI is InChI=1S/C12H17BrN2/c1-2-3-9-7-15(8-9)10-4-5-11(13)12(14)6-10/h4-6,9H,2-3,7-8,14H2,1H3. The second-order valence-electron chi connectivity index (χ2n) is 4.27. The molecule has 1 saturated heterocycles. The smallest absolute Gasteiger partial charge is 0.0479 e. The Bertz CT molecular complexity index is 345. The van der Waals surface area contributed by atoms with Gasteiger partial charge in [0.2, 0.25) is 0 Å². The number of nitrogens with zero attached hydrogens (tertiary/aromatic N) is 1. The van der Waals surface area contributed by atoms with Crippen LogP contribution in [0.15, 0.2) is 22.7 Å². The molecule has 1 heterocycles. The van der Waals surface area contributed by atoms with Crippen LogP contribution in [-0.2, 0) is 0 Å². The van der Waals surface area contributed by atoms with Gasteiger partial charge in [-0.3, -0.25) is 0 Å². The van der Waals surface area contributed by atoms with Crippen molar-refractivity contribution in [1.29, 1.82) is 0 Å². The number of nitrogens with two attached hydrogens (primary N) is 1. The van der Waals surface area contributed by atoms with Gasteiger partial charge >= 0.3 is 0 Å². The molecule has 0 radical (unpaired) electrons. The van der Waals surface area contributed by atoms with E-state index in [1.165, 1.54) is 31.6 Å². The number of halogens is 1. The molecule has 1 aliphatic heterocycles. The molecule has 0 spiro atoms. The van der Waals surface area contributed by atoms with Crippen LogP contribution in [0.4, 0.5) is 11.4 Å². The summed E-state index contributed by atoms with van der Waals surface area (Å²) in [7, 11) is 0. The highest BCUT2D eigenvalue weighted by Crippen LogP contribution is 2.31. The lowest BCUT2D eigenvalue weighted by Gasteiger charge is -2.41. The van der Waals surface area contributed by atoms with E-state index in [1.54, 1.807) is 0 Å². The monoisotopic (exact) mass is 268 g/mol.